The fourth-order valence-electron chi connectivity index (χ4n) is 1.61. The number of pyridine rings is 1. The summed E-state index contributed by atoms with van der Waals surface area (Å²) in [5.74, 6) is -1.19. The number of anilines is 1. The molecule has 2 aromatic heterocycles. The minimum Gasteiger partial charge on any atom is -0.477 e. The Morgan fingerprint density at radius 2 is 2.19 bits per heavy atom. The second-order valence-electron chi connectivity index (χ2n) is 4.13. The van der Waals surface area contributed by atoms with Crippen LogP contribution in [0.4, 0.5) is 5.82 Å². The van der Waals surface area contributed by atoms with E-state index in [2.05, 4.69) is 9.71 Å². The van der Waals surface area contributed by atoms with Crippen LogP contribution >= 0.6 is 0 Å². The number of carbonyl (C=O) groups is 1. The van der Waals surface area contributed by atoms with E-state index >= 15 is 0 Å². The number of carboxylic acids is 1. The van der Waals surface area contributed by atoms with E-state index < -0.39 is 16.0 Å². The summed E-state index contributed by atoms with van der Waals surface area (Å²) in [6.45, 7) is 0. The van der Waals surface area contributed by atoms with Crippen molar-refractivity contribution in [3.63, 3.8) is 0 Å². The Morgan fingerprint density at radius 1 is 1.48 bits per heavy atom. The first-order valence-corrected chi connectivity index (χ1v) is 7.10. The van der Waals surface area contributed by atoms with Crippen LogP contribution in [0.1, 0.15) is 16.1 Å². The van der Waals surface area contributed by atoms with Crippen LogP contribution in [0.5, 0.6) is 0 Å². The Labute approximate surface area is 120 Å². The molecule has 0 amide bonds. The highest BCUT2D eigenvalue weighted by molar-refractivity contribution is 7.92. The van der Waals surface area contributed by atoms with Gasteiger partial charge in [0.25, 0.3) is 10.0 Å². The zero-order valence-corrected chi connectivity index (χ0v) is 11.6. The molecule has 0 aromatic carbocycles. The number of sulfonamides is 1. The zero-order valence-electron chi connectivity index (χ0n) is 10.8. The molecule has 8 nitrogen and oxygen atoms in total. The molecule has 0 bridgehead atoms. The highest BCUT2D eigenvalue weighted by Crippen LogP contribution is 2.17. The van der Waals surface area contributed by atoms with Gasteiger partial charge >= 0.3 is 5.97 Å². The molecule has 21 heavy (non-hydrogen) atoms. The molecule has 0 saturated heterocycles. The van der Waals surface area contributed by atoms with Gasteiger partial charge in [-0.2, -0.15) is 5.26 Å². The molecule has 9 heteroatoms. The third-order valence-corrected chi connectivity index (χ3v) is 3.96. The van der Waals surface area contributed by atoms with Crippen LogP contribution in [0.2, 0.25) is 0 Å². The third kappa shape index (κ3) is 3.01. The van der Waals surface area contributed by atoms with Gasteiger partial charge in [0.15, 0.2) is 0 Å². The van der Waals surface area contributed by atoms with Crippen molar-refractivity contribution in [3.05, 3.63) is 41.9 Å². The van der Waals surface area contributed by atoms with Gasteiger partial charge < -0.3 is 9.67 Å². The van der Waals surface area contributed by atoms with E-state index in [1.807, 2.05) is 6.07 Å². The third-order valence-electron chi connectivity index (χ3n) is 2.64. The molecule has 2 rings (SSSR count). The molecule has 0 aliphatic rings. The first kappa shape index (κ1) is 14.5. The van der Waals surface area contributed by atoms with E-state index in [1.165, 1.54) is 36.1 Å². The number of aromatic carboxylic acids is 1. The van der Waals surface area contributed by atoms with Crippen LogP contribution in [0.3, 0.4) is 0 Å². The van der Waals surface area contributed by atoms with E-state index in [4.69, 9.17) is 10.4 Å². The molecule has 0 spiro atoms. The van der Waals surface area contributed by atoms with Crippen molar-refractivity contribution in [1.82, 2.24) is 9.55 Å². The summed E-state index contributed by atoms with van der Waals surface area (Å²) >= 11 is 0. The summed E-state index contributed by atoms with van der Waals surface area (Å²) in [5.41, 5.74) is 0.147. The molecule has 0 atom stereocenters. The van der Waals surface area contributed by atoms with Gasteiger partial charge in [-0.25, -0.2) is 18.2 Å². The summed E-state index contributed by atoms with van der Waals surface area (Å²) in [7, 11) is -2.51. The molecule has 2 heterocycles. The number of nitrogens with zero attached hydrogens (tertiary/aromatic N) is 3. The molecule has 0 radical (unpaired) electrons. The lowest BCUT2D eigenvalue weighted by atomic mass is 10.3. The van der Waals surface area contributed by atoms with Crippen molar-refractivity contribution in [3.8, 4) is 6.07 Å². The van der Waals surface area contributed by atoms with Crippen molar-refractivity contribution in [2.24, 2.45) is 7.05 Å². The Balaban J connectivity index is 2.31. The Bertz CT molecular complexity index is 831. The normalized spacial score (nSPS) is 10.9. The van der Waals surface area contributed by atoms with Crippen LogP contribution in [0.25, 0.3) is 0 Å². The fourth-order valence-corrected chi connectivity index (χ4v) is 2.69. The molecule has 0 aliphatic heterocycles. The number of aromatic nitrogens is 2. The number of nitriles is 1. The van der Waals surface area contributed by atoms with Gasteiger partial charge in [0.2, 0.25) is 0 Å². The predicted octanol–water partition coefficient (Wildman–Crippen LogP) is 0.791. The van der Waals surface area contributed by atoms with Crippen LogP contribution in [-0.4, -0.2) is 29.0 Å². The number of aryl methyl sites for hydroxylation is 1. The SMILES string of the molecule is Cn1cc(S(=O)(=O)Nc2ccc(C#N)cn2)cc1C(=O)O. The predicted molar refractivity (Wildman–Crippen MR) is 72.1 cm³/mol. The largest absolute Gasteiger partial charge is 0.477 e. The van der Waals surface area contributed by atoms with Gasteiger partial charge in [-0.3, -0.25) is 4.72 Å². The Kier molecular flexibility index (Phi) is 3.64. The molecular formula is C12H10N4O4S. The molecule has 0 unspecified atom stereocenters. The quantitative estimate of drug-likeness (QED) is 0.860. The second kappa shape index (κ2) is 5.26. The number of hydrogen-bond acceptors (Lipinski definition) is 5. The van der Waals surface area contributed by atoms with Crippen LogP contribution in [0.15, 0.2) is 35.5 Å². The standard InChI is InChI=1S/C12H10N4O4S/c1-16-7-9(4-10(16)12(17)18)21(19,20)15-11-3-2-8(5-13)6-14-11/h2-4,6-7H,1H3,(H,14,15)(H,17,18). The molecule has 0 saturated carbocycles. The minimum absolute atomic E-state index is 0.0368. The van der Waals surface area contributed by atoms with Gasteiger partial charge in [0, 0.05) is 19.4 Å². The molecule has 108 valence electrons. The summed E-state index contributed by atoms with van der Waals surface area (Å²) in [6.07, 6.45) is 2.42. The van der Waals surface area contributed by atoms with Gasteiger partial charge in [-0.15, -0.1) is 0 Å². The van der Waals surface area contributed by atoms with Crippen LogP contribution in [-0.2, 0) is 17.1 Å². The lowest BCUT2D eigenvalue weighted by Gasteiger charge is -2.04. The van der Waals surface area contributed by atoms with E-state index in [9.17, 15) is 13.2 Å². The molecule has 2 aromatic rings. The highest BCUT2D eigenvalue weighted by atomic mass is 32.2. The topological polar surface area (TPSA) is 125 Å². The average molecular weight is 306 g/mol. The van der Waals surface area contributed by atoms with Gasteiger partial charge in [-0.1, -0.05) is 0 Å². The van der Waals surface area contributed by atoms with Gasteiger partial charge in [-0.05, 0) is 18.2 Å². The van der Waals surface area contributed by atoms with E-state index in [0.29, 0.717) is 5.56 Å². The number of carboxylic acid groups (broad SMARTS) is 1. The monoisotopic (exact) mass is 306 g/mol. The molecule has 0 aliphatic carbocycles. The Morgan fingerprint density at radius 3 is 2.67 bits per heavy atom. The Hall–Kier alpha value is -2.86. The number of nitrogens with one attached hydrogen (secondary N) is 1. The number of hydrogen-bond donors (Lipinski definition) is 2. The lowest BCUT2D eigenvalue weighted by molar-refractivity contribution is 0.0686. The first-order valence-electron chi connectivity index (χ1n) is 5.62. The first-order chi connectivity index (χ1) is 9.83. The van der Waals surface area contributed by atoms with Gasteiger partial charge in [0.05, 0.1) is 5.56 Å². The molecular weight excluding hydrogens is 296 g/mol. The van der Waals surface area contributed by atoms with Crippen LogP contribution in [0, 0.1) is 11.3 Å². The van der Waals surface area contributed by atoms with Crippen molar-refractivity contribution in [1.29, 1.82) is 5.26 Å². The number of rotatable bonds is 4. The van der Waals surface area contributed by atoms with Gasteiger partial charge in [0.1, 0.15) is 22.5 Å². The minimum atomic E-state index is -3.95. The van der Waals surface area contributed by atoms with Crippen molar-refractivity contribution >= 4 is 21.8 Å². The van der Waals surface area contributed by atoms with Crippen LogP contribution < -0.4 is 4.72 Å². The maximum atomic E-state index is 12.1. The zero-order chi connectivity index (χ0) is 15.6. The summed E-state index contributed by atoms with van der Waals surface area (Å²) in [4.78, 5) is 14.5. The molecule has 0 fully saturated rings. The van der Waals surface area contributed by atoms with Crippen molar-refractivity contribution in [2.45, 2.75) is 4.90 Å². The fraction of sp³-hybridized carbons (Fsp3) is 0.0833. The van der Waals surface area contributed by atoms with Crippen molar-refractivity contribution in [2.75, 3.05) is 4.72 Å². The average Bonchev–Trinajstić information content (AvgIpc) is 2.82. The second-order valence-corrected chi connectivity index (χ2v) is 5.81. The van der Waals surface area contributed by atoms with E-state index in [1.54, 1.807) is 0 Å². The smallest absolute Gasteiger partial charge is 0.352 e. The summed E-state index contributed by atoms with van der Waals surface area (Å²) in [6, 6.07) is 5.67. The summed E-state index contributed by atoms with van der Waals surface area (Å²) in [5, 5.41) is 17.6. The van der Waals surface area contributed by atoms with E-state index in [-0.39, 0.29) is 16.4 Å². The van der Waals surface area contributed by atoms with E-state index in [0.717, 1.165) is 6.07 Å². The van der Waals surface area contributed by atoms with Crippen molar-refractivity contribution < 1.29 is 18.3 Å². The lowest BCUT2D eigenvalue weighted by Crippen LogP contribution is -2.13. The maximum absolute atomic E-state index is 12.1. The summed E-state index contributed by atoms with van der Waals surface area (Å²) < 4.78 is 27.7. The molecule has 2 N–H and O–H groups in total. The maximum Gasteiger partial charge on any atom is 0.352 e. The highest BCUT2D eigenvalue weighted by Gasteiger charge is 2.20.